The Labute approximate surface area is 98.0 Å². The topological polar surface area (TPSA) is 37.3 Å². The van der Waals surface area contributed by atoms with Gasteiger partial charge in [-0.25, -0.2) is 4.39 Å². The summed E-state index contributed by atoms with van der Waals surface area (Å²) in [6.45, 7) is -0.583. The van der Waals surface area contributed by atoms with E-state index in [9.17, 15) is 14.3 Å². The summed E-state index contributed by atoms with van der Waals surface area (Å²) in [4.78, 5) is 11.3. The van der Waals surface area contributed by atoms with E-state index in [0.29, 0.717) is 29.0 Å². The van der Waals surface area contributed by atoms with Crippen molar-refractivity contribution in [1.29, 1.82) is 0 Å². The second-order valence-corrected chi connectivity index (χ2v) is 4.60. The number of hydrogen-bond donors (Lipinski definition) is 1. The van der Waals surface area contributed by atoms with Crippen LogP contribution >= 0.6 is 11.6 Å². The van der Waals surface area contributed by atoms with E-state index in [1.54, 1.807) is 12.1 Å². The van der Waals surface area contributed by atoms with Gasteiger partial charge in [0.25, 0.3) is 0 Å². The molecule has 1 N–H and O–H groups in total. The standard InChI is InChI=1S/C12H12ClFO2/c13-10-6-8(7-14)2-3-9(10)12(11(15)16)4-1-5-12/h2-3,6H,1,4-5,7H2,(H,15,16). The molecule has 2 rings (SSSR count). The minimum absolute atomic E-state index is 0.359. The van der Waals surface area contributed by atoms with Gasteiger partial charge in [0.15, 0.2) is 0 Å². The molecule has 1 saturated carbocycles. The molecular formula is C12H12ClFO2. The summed E-state index contributed by atoms with van der Waals surface area (Å²) in [6, 6.07) is 4.76. The molecule has 1 aliphatic rings. The number of halogens is 2. The number of rotatable bonds is 3. The van der Waals surface area contributed by atoms with Crippen LogP contribution in [0.1, 0.15) is 30.4 Å². The summed E-state index contributed by atoms with van der Waals surface area (Å²) < 4.78 is 12.4. The maximum Gasteiger partial charge on any atom is 0.314 e. The van der Waals surface area contributed by atoms with Crippen LogP contribution in [0.15, 0.2) is 18.2 Å². The first-order valence-electron chi connectivity index (χ1n) is 5.18. The molecule has 0 bridgehead atoms. The van der Waals surface area contributed by atoms with E-state index in [2.05, 4.69) is 0 Å². The molecule has 1 aromatic rings. The van der Waals surface area contributed by atoms with Gasteiger partial charge in [-0.2, -0.15) is 0 Å². The van der Waals surface area contributed by atoms with E-state index in [1.165, 1.54) is 6.07 Å². The van der Waals surface area contributed by atoms with Crippen LogP contribution < -0.4 is 0 Å². The largest absolute Gasteiger partial charge is 0.481 e. The van der Waals surface area contributed by atoms with Crippen molar-refractivity contribution in [1.82, 2.24) is 0 Å². The first-order valence-corrected chi connectivity index (χ1v) is 5.56. The molecule has 0 spiro atoms. The van der Waals surface area contributed by atoms with Crippen LogP contribution in [0.25, 0.3) is 0 Å². The molecule has 1 fully saturated rings. The third-order valence-electron chi connectivity index (χ3n) is 3.32. The predicted molar refractivity (Wildman–Crippen MR) is 59.4 cm³/mol. The lowest BCUT2D eigenvalue weighted by Gasteiger charge is -2.38. The average Bonchev–Trinajstić information content (AvgIpc) is 2.18. The highest BCUT2D eigenvalue weighted by molar-refractivity contribution is 6.31. The Balaban J connectivity index is 2.43. The van der Waals surface area contributed by atoms with Gasteiger partial charge in [0.2, 0.25) is 0 Å². The quantitative estimate of drug-likeness (QED) is 0.883. The molecule has 86 valence electrons. The second kappa shape index (κ2) is 4.06. The van der Waals surface area contributed by atoms with Gasteiger partial charge in [-0.3, -0.25) is 4.79 Å². The molecule has 0 unspecified atom stereocenters. The van der Waals surface area contributed by atoms with E-state index in [-0.39, 0.29) is 0 Å². The Bertz CT molecular complexity index is 427. The normalized spacial score (nSPS) is 17.9. The van der Waals surface area contributed by atoms with Crippen molar-refractivity contribution in [2.45, 2.75) is 31.4 Å². The lowest BCUT2D eigenvalue weighted by molar-refractivity contribution is -0.147. The Hall–Kier alpha value is -1.09. The average molecular weight is 243 g/mol. The molecule has 0 aromatic heterocycles. The third-order valence-corrected chi connectivity index (χ3v) is 3.63. The molecule has 0 saturated heterocycles. The molecular weight excluding hydrogens is 231 g/mol. The van der Waals surface area contributed by atoms with Gasteiger partial charge in [-0.05, 0) is 30.0 Å². The fourth-order valence-electron chi connectivity index (χ4n) is 2.16. The lowest BCUT2D eigenvalue weighted by atomic mass is 9.64. The Morgan fingerprint density at radius 2 is 2.19 bits per heavy atom. The first-order chi connectivity index (χ1) is 7.60. The molecule has 0 heterocycles. The number of carboxylic acids is 1. The van der Waals surface area contributed by atoms with E-state index in [0.717, 1.165) is 6.42 Å². The fourth-order valence-corrected chi connectivity index (χ4v) is 2.54. The van der Waals surface area contributed by atoms with Crippen molar-refractivity contribution in [2.75, 3.05) is 0 Å². The van der Waals surface area contributed by atoms with Gasteiger partial charge in [0, 0.05) is 5.02 Å². The maximum atomic E-state index is 12.4. The molecule has 0 atom stereocenters. The van der Waals surface area contributed by atoms with Crippen molar-refractivity contribution >= 4 is 17.6 Å². The van der Waals surface area contributed by atoms with Gasteiger partial charge in [0.05, 0.1) is 5.41 Å². The van der Waals surface area contributed by atoms with Crippen LogP contribution in [0.2, 0.25) is 5.02 Å². The van der Waals surface area contributed by atoms with E-state index in [1.807, 2.05) is 0 Å². The highest BCUT2D eigenvalue weighted by Gasteiger charge is 2.47. The molecule has 0 amide bonds. The van der Waals surface area contributed by atoms with Crippen molar-refractivity contribution in [3.8, 4) is 0 Å². The van der Waals surface area contributed by atoms with Crippen molar-refractivity contribution in [2.24, 2.45) is 0 Å². The number of carboxylic acid groups (broad SMARTS) is 1. The van der Waals surface area contributed by atoms with Crippen LogP contribution in [0.5, 0.6) is 0 Å². The first kappa shape index (κ1) is 11.4. The maximum absolute atomic E-state index is 12.4. The SMILES string of the molecule is O=C(O)C1(c2ccc(CF)cc2Cl)CCC1. The van der Waals surface area contributed by atoms with Gasteiger partial charge in [-0.1, -0.05) is 30.2 Å². The van der Waals surface area contributed by atoms with E-state index in [4.69, 9.17) is 11.6 Å². The minimum Gasteiger partial charge on any atom is -0.481 e. The highest BCUT2D eigenvalue weighted by atomic mass is 35.5. The molecule has 1 aliphatic carbocycles. The Morgan fingerprint density at radius 1 is 1.50 bits per heavy atom. The summed E-state index contributed by atoms with van der Waals surface area (Å²) in [5.41, 5.74) is 0.255. The highest BCUT2D eigenvalue weighted by Crippen LogP contribution is 2.46. The number of alkyl halides is 1. The van der Waals surface area contributed by atoms with Crippen molar-refractivity contribution < 1.29 is 14.3 Å². The zero-order valence-electron chi connectivity index (χ0n) is 8.67. The molecule has 0 aliphatic heterocycles. The van der Waals surface area contributed by atoms with Gasteiger partial charge in [0.1, 0.15) is 6.67 Å². The second-order valence-electron chi connectivity index (χ2n) is 4.19. The lowest BCUT2D eigenvalue weighted by Crippen LogP contribution is -2.42. The Kier molecular flexibility index (Phi) is 2.89. The molecule has 4 heteroatoms. The minimum atomic E-state index is -0.841. The predicted octanol–water partition coefficient (Wildman–Crippen LogP) is 3.32. The summed E-state index contributed by atoms with van der Waals surface area (Å²) in [6.07, 6.45) is 2.11. The zero-order valence-corrected chi connectivity index (χ0v) is 9.43. The molecule has 1 aromatic carbocycles. The zero-order chi connectivity index (χ0) is 11.8. The van der Waals surface area contributed by atoms with Crippen molar-refractivity contribution in [3.05, 3.63) is 34.3 Å². The van der Waals surface area contributed by atoms with Gasteiger partial charge >= 0.3 is 5.97 Å². The summed E-state index contributed by atoms with van der Waals surface area (Å²) >= 11 is 6.02. The molecule has 16 heavy (non-hydrogen) atoms. The van der Waals surface area contributed by atoms with Gasteiger partial charge < -0.3 is 5.11 Å². The van der Waals surface area contributed by atoms with E-state index < -0.39 is 18.1 Å². The van der Waals surface area contributed by atoms with Crippen molar-refractivity contribution in [3.63, 3.8) is 0 Å². The van der Waals surface area contributed by atoms with Crippen LogP contribution in [0.4, 0.5) is 4.39 Å². The monoisotopic (exact) mass is 242 g/mol. The third kappa shape index (κ3) is 1.59. The summed E-state index contributed by atoms with van der Waals surface area (Å²) in [5, 5.41) is 9.61. The fraction of sp³-hybridized carbons (Fsp3) is 0.417. The van der Waals surface area contributed by atoms with Crippen LogP contribution in [0, 0.1) is 0 Å². The Morgan fingerprint density at radius 3 is 2.56 bits per heavy atom. The summed E-state index contributed by atoms with van der Waals surface area (Å²) in [5.74, 6) is -0.839. The number of carbonyl (C=O) groups is 1. The molecule has 2 nitrogen and oxygen atoms in total. The summed E-state index contributed by atoms with van der Waals surface area (Å²) in [7, 11) is 0. The van der Waals surface area contributed by atoms with Crippen LogP contribution in [-0.4, -0.2) is 11.1 Å². The van der Waals surface area contributed by atoms with Crippen LogP contribution in [0.3, 0.4) is 0 Å². The van der Waals surface area contributed by atoms with Crippen LogP contribution in [-0.2, 0) is 16.9 Å². The van der Waals surface area contributed by atoms with Gasteiger partial charge in [-0.15, -0.1) is 0 Å². The number of hydrogen-bond acceptors (Lipinski definition) is 1. The molecule has 0 radical (unpaired) electrons. The van der Waals surface area contributed by atoms with E-state index >= 15 is 0 Å². The smallest absolute Gasteiger partial charge is 0.314 e. The number of benzene rings is 1. The number of aliphatic carboxylic acids is 1.